The largest absolute Gasteiger partial charge is 0.481 e. The molecule has 4 N–H and O–H groups in total. The van der Waals surface area contributed by atoms with Crippen LogP contribution in [0.1, 0.15) is 18.2 Å². The molecular weight excluding hydrogens is 468 g/mol. The van der Waals surface area contributed by atoms with E-state index in [1.54, 1.807) is 23.9 Å². The highest BCUT2D eigenvalue weighted by Crippen LogP contribution is 2.26. The van der Waals surface area contributed by atoms with Crippen molar-refractivity contribution in [2.24, 2.45) is 0 Å². The van der Waals surface area contributed by atoms with E-state index < -0.39 is 0 Å². The molecule has 0 bridgehead atoms. The Morgan fingerprint density at radius 2 is 1.81 bits per heavy atom. The van der Waals surface area contributed by atoms with Crippen LogP contribution in [0.2, 0.25) is 0 Å². The SMILES string of the molecule is CCc1cc2cccc(-c3nccc(OC)n3)c2c(=O)n1-c1ccccc1.N#Cc1cnc(N)nc1N. The summed E-state index contributed by atoms with van der Waals surface area (Å²) in [5, 5.41) is 9.84. The molecule has 10 heteroatoms. The van der Waals surface area contributed by atoms with Crippen LogP contribution in [-0.2, 0) is 6.42 Å². The van der Waals surface area contributed by atoms with Gasteiger partial charge in [-0.3, -0.25) is 9.36 Å². The molecule has 10 nitrogen and oxygen atoms in total. The van der Waals surface area contributed by atoms with Gasteiger partial charge in [-0.05, 0) is 30.0 Å². The number of aromatic nitrogens is 5. The number of fused-ring (bicyclic) bond motifs is 1. The first-order valence-electron chi connectivity index (χ1n) is 11.3. The van der Waals surface area contributed by atoms with E-state index in [0.717, 1.165) is 23.2 Å². The molecule has 0 atom stereocenters. The van der Waals surface area contributed by atoms with Crippen LogP contribution in [0.3, 0.4) is 0 Å². The molecule has 0 aliphatic heterocycles. The van der Waals surface area contributed by atoms with Gasteiger partial charge in [0.2, 0.25) is 11.8 Å². The Hall–Kier alpha value is -5.30. The number of ether oxygens (including phenoxy) is 1. The number of pyridine rings is 1. The molecule has 37 heavy (non-hydrogen) atoms. The molecule has 0 aliphatic carbocycles. The van der Waals surface area contributed by atoms with E-state index >= 15 is 0 Å². The number of hydrogen-bond donors (Lipinski definition) is 2. The van der Waals surface area contributed by atoms with Crippen molar-refractivity contribution < 1.29 is 4.74 Å². The lowest BCUT2D eigenvalue weighted by atomic mass is 10.0. The number of hydrogen-bond acceptors (Lipinski definition) is 9. The number of rotatable bonds is 4. The van der Waals surface area contributed by atoms with Crippen molar-refractivity contribution in [3.63, 3.8) is 0 Å². The van der Waals surface area contributed by atoms with E-state index in [2.05, 4.69) is 32.9 Å². The summed E-state index contributed by atoms with van der Waals surface area (Å²) in [6, 6.07) is 21.0. The summed E-state index contributed by atoms with van der Waals surface area (Å²) in [6.07, 6.45) is 3.67. The highest BCUT2D eigenvalue weighted by Gasteiger charge is 2.15. The predicted octanol–water partition coefficient (Wildman–Crippen LogP) is 3.53. The maximum atomic E-state index is 13.5. The highest BCUT2D eigenvalue weighted by molar-refractivity contribution is 5.95. The summed E-state index contributed by atoms with van der Waals surface area (Å²) in [5.74, 6) is 1.14. The van der Waals surface area contributed by atoms with Crippen LogP contribution in [0.15, 0.2) is 77.9 Å². The zero-order valence-electron chi connectivity index (χ0n) is 20.3. The smallest absolute Gasteiger partial charge is 0.263 e. The van der Waals surface area contributed by atoms with Gasteiger partial charge in [-0.25, -0.2) is 9.97 Å². The number of nitriles is 1. The zero-order chi connectivity index (χ0) is 26.4. The summed E-state index contributed by atoms with van der Waals surface area (Å²) in [5.41, 5.74) is 13.1. The monoisotopic (exact) mass is 492 g/mol. The van der Waals surface area contributed by atoms with Crippen LogP contribution in [0, 0.1) is 11.3 Å². The van der Waals surface area contributed by atoms with Crippen molar-refractivity contribution in [3.8, 4) is 29.0 Å². The van der Waals surface area contributed by atoms with Gasteiger partial charge in [0.25, 0.3) is 5.56 Å². The minimum Gasteiger partial charge on any atom is -0.481 e. The normalized spacial score (nSPS) is 10.3. The molecule has 3 heterocycles. The molecule has 0 spiro atoms. The van der Waals surface area contributed by atoms with Gasteiger partial charge in [0.05, 0.1) is 18.7 Å². The van der Waals surface area contributed by atoms with Crippen molar-refractivity contribution in [3.05, 3.63) is 94.7 Å². The summed E-state index contributed by atoms with van der Waals surface area (Å²) >= 11 is 0. The molecule has 5 aromatic rings. The Labute approximate surface area is 212 Å². The van der Waals surface area contributed by atoms with Crippen molar-refractivity contribution in [1.82, 2.24) is 24.5 Å². The zero-order valence-corrected chi connectivity index (χ0v) is 20.3. The maximum Gasteiger partial charge on any atom is 0.263 e. The number of aryl methyl sites for hydroxylation is 1. The fraction of sp³-hybridized carbons (Fsp3) is 0.111. The second-order valence-corrected chi connectivity index (χ2v) is 7.80. The van der Waals surface area contributed by atoms with Gasteiger partial charge in [0, 0.05) is 29.2 Å². The second kappa shape index (κ2) is 11.0. The number of methoxy groups -OCH3 is 1. The van der Waals surface area contributed by atoms with Gasteiger partial charge >= 0.3 is 0 Å². The molecule has 3 aromatic heterocycles. The van der Waals surface area contributed by atoms with Crippen LogP contribution in [0.25, 0.3) is 27.8 Å². The Morgan fingerprint density at radius 1 is 1.03 bits per heavy atom. The fourth-order valence-corrected chi connectivity index (χ4v) is 3.80. The maximum absolute atomic E-state index is 13.5. The average Bonchev–Trinajstić information content (AvgIpc) is 2.93. The minimum absolute atomic E-state index is 0.0717. The average molecular weight is 493 g/mol. The van der Waals surface area contributed by atoms with Gasteiger partial charge in [-0.15, -0.1) is 0 Å². The third kappa shape index (κ3) is 5.21. The lowest BCUT2D eigenvalue weighted by molar-refractivity contribution is 0.397. The molecule has 0 saturated heterocycles. The standard InChI is InChI=1S/C22H19N3O2.C5H5N5/c1-3-16-14-15-8-7-11-18(21-23-13-12-19(24-21)27-2)20(15)22(26)25(16)17-9-5-4-6-10-17;6-1-3-2-9-5(8)10-4(3)7/h4-14H,3H2,1-2H3;2H,(H4,7,8,9,10). The van der Waals surface area contributed by atoms with Gasteiger partial charge in [0.15, 0.2) is 5.82 Å². The van der Waals surface area contributed by atoms with Crippen LogP contribution < -0.4 is 21.8 Å². The third-order valence-corrected chi connectivity index (χ3v) is 5.54. The number of nitrogens with two attached hydrogens (primary N) is 2. The van der Waals surface area contributed by atoms with E-state index in [4.69, 9.17) is 21.5 Å². The molecule has 0 amide bonds. The molecule has 0 fully saturated rings. The van der Waals surface area contributed by atoms with Crippen molar-refractivity contribution >= 4 is 22.5 Å². The number of anilines is 2. The Morgan fingerprint density at radius 3 is 2.49 bits per heavy atom. The number of nitrogens with zero attached hydrogens (tertiary/aromatic N) is 6. The lowest BCUT2D eigenvalue weighted by Crippen LogP contribution is -2.22. The number of para-hydroxylation sites is 1. The van der Waals surface area contributed by atoms with Gasteiger partial charge in [0.1, 0.15) is 17.5 Å². The molecule has 0 unspecified atom stereocenters. The van der Waals surface area contributed by atoms with Gasteiger partial charge in [-0.1, -0.05) is 43.3 Å². The first kappa shape index (κ1) is 24.8. The van der Waals surface area contributed by atoms with E-state index in [-0.39, 0.29) is 22.9 Å². The Kier molecular flexibility index (Phi) is 7.35. The summed E-state index contributed by atoms with van der Waals surface area (Å²) in [4.78, 5) is 29.4. The van der Waals surface area contributed by atoms with E-state index in [1.165, 1.54) is 6.20 Å². The molecular formula is C27H24N8O2. The van der Waals surface area contributed by atoms with Crippen molar-refractivity contribution in [2.45, 2.75) is 13.3 Å². The lowest BCUT2D eigenvalue weighted by Gasteiger charge is -2.15. The first-order chi connectivity index (χ1) is 18.0. The fourth-order valence-electron chi connectivity index (χ4n) is 3.80. The van der Waals surface area contributed by atoms with E-state index in [0.29, 0.717) is 22.7 Å². The van der Waals surface area contributed by atoms with E-state index in [1.807, 2.05) is 54.6 Å². The highest BCUT2D eigenvalue weighted by atomic mass is 16.5. The molecule has 5 rings (SSSR count). The molecule has 2 aromatic carbocycles. The van der Waals surface area contributed by atoms with E-state index in [9.17, 15) is 4.79 Å². The number of nitrogen functional groups attached to an aromatic ring is 2. The first-order valence-corrected chi connectivity index (χ1v) is 11.3. The van der Waals surface area contributed by atoms with Crippen molar-refractivity contribution in [1.29, 1.82) is 5.26 Å². The summed E-state index contributed by atoms with van der Waals surface area (Å²) < 4.78 is 6.98. The summed E-state index contributed by atoms with van der Waals surface area (Å²) in [7, 11) is 1.56. The van der Waals surface area contributed by atoms with Gasteiger partial charge < -0.3 is 16.2 Å². The minimum atomic E-state index is -0.0717. The van der Waals surface area contributed by atoms with Gasteiger partial charge in [-0.2, -0.15) is 15.2 Å². The second-order valence-electron chi connectivity index (χ2n) is 7.80. The van der Waals surface area contributed by atoms with Crippen LogP contribution >= 0.6 is 0 Å². The number of benzene rings is 2. The molecule has 0 aliphatic rings. The van der Waals surface area contributed by atoms with Crippen LogP contribution in [-0.4, -0.2) is 31.6 Å². The molecule has 0 saturated carbocycles. The Balaban J connectivity index is 0.000000270. The summed E-state index contributed by atoms with van der Waals surface area (Å²) in [6.45, 7) is 2.05. The Bertz CT molecular complexity index is 1660. The molecule has 184 valence electrons. The van der Waals surface area contributed by atoms with Crippen LogP contribution in [0.5, 0.6) is 5.88 Å². The predicted molar refractivity (Wildman–Crippen MR) is 142 cm³/mol. The third-order valence-electron chi connectivity index (χ3n) is 5.54. The topological polar surface area (TPSA) is 159 Å². The van der Waals surface area contributed by atoms with Crippen LogP contribution in [0.4, 0.5) is 11.8 Å². The van der Waals surface area contributed by atoms with Crippen molar-refractivity contribution in [2.75, 3.05) is 18.6 Å². The molecule has 0 radical (unpaired) electrons. The quantitative estimate of drug-likeness (QED) is 0.382.